The number of hydrogen-bond donors (Lipinski definition) is 2. The van der Waals surface area contributed by atoms with Gasteiger partial charge in [0.25, 0.3) is 0 Å². The molecule has 4 aromatic rings. The molecule has 2 unspecified atom stereocenters. The Balaban J connectivity index is 1.07. The zero-order valence-corrected chi connectivity index (χ0v) is 33.8. The number of aromatic nitrogens is 4. The number of fused-ring (bicyclic) bond motifs is 2. The molecule has 6 atom stereocenters. The highest BCUT2D eigenvalue weighted by Crippen LogP contribution is 2.39. The maximum absolute atomic E-state index is 13.9. The van der Waals surface area contributed by atoms with Crippen LogP contribution in [0.4, 0.5) is 0 Å². The number of methoxy groups -OCH3 is 2. The van der Waals surface area contributed by atoms with Crippen molar-refractivity contribution in [2.75, 3.05) is 38.8 Å². The van der Waals surface area contributed by atoms with Gasteiger partial charge in [0, 0.05) is 61.2 Å². The molecule has 0 spiro atoms. The number of amides is 2. The highest BCUT2D eigenvalue weighted by molar-refractivity contribution is 8.76. The lowest BCUT2D eigenvalue weighted by Crippen LogP contribution is -2.52. The van der Waals surface area contributed by atoms with Gasteiger partial charge in [-0.15, -0.1) is 0 Å². The normalized spacial score (nSPS) is 19.0. The molecule has 4 heterocycles. The Labute approximate surface area is 326 Å². The number of hydrogen-bond acceptors (Lipinski definition) is 10. The first-order chi connectivity index (χ1) is 26.1. The van der Waals surface area contributed by atoms with Crippen LogP contribution in [0.25, 0.3) is 22.5 Å². The van der Waals surface area contributed by atoms with E-state index in [1.54, 1.807) is 14.2 Å². The number of para-hydroxylation sites is 2. The molecule has 12 nitrogen and oxygen atoms in total. The van der Waals surface area contributed by atoms with E-state index in [1.807, 2.05) is 58.3 Å². The first-order valence-electron chi connectivity index (χ1n) is 18.9. The molecule has 0 saturated carbocycles. The molecular weight excluding hydrogens is 721 g/mol. The summed E-state index contributed by atoms with van der Waals surface area (Å²) in [6, 6.07) is 13.9. The largest absolute Gasteiger partial charge is 0.496 e. The lowest BCUT2D eigenvalue weighted by Gasteiger charge is -2.40. The van der Waals surface area contributed by atoms with E-state index in [4.69, 9.17) is 30.9 Å². The van der Waals surface area contributed by atoms with Gasteiger partial charge >= 0.3 is 0 Å². The van der Waals surface area contributed by atoms with Crippen molar-refractivity contribution >= 4 is 33.4 Å². The summed E-state index contributed by atoms with van der Waals surface area (Å²) in [6.07, 6.45) is 5.89. The molecule has 2 aromatic heterocycles. The average molecular weight is 775 g/mol. The van der Waals surface area contributed by atoms with Crippen LogP contribution in [0.1, 0.15) is 64.3 Å². The van der Waals surface area contributed by atoms with E-state index >= 15 is 0 Å². The van der Waals surface area contributed by atoms with Crippen LogP contribution in [0.5, 0.6) is 11.5 Å². The number of rotatable bonds is 15. The monoisotopic (exact) mass is 774 g/mol. The third kappa shape index (κ3) is 8.02. The molecule has 14 heteroatoms. The third-order valence-corrected chi connectivity index (χ3v) is 13.4. The van der Waals surface area contributed by atoms with Gasteiger partial charge in [0.05, 0.1) is 49.8 Å². The number of benzene rings is 2. The minimum Gasteiger partial charge on any atom is -0.496 e. The summed E-state index contributed by atoms with van der Waals surface area (Å²) in [4.78, 5) is 41.8. The lowest BCUT2D eigenvalue weighted by atomic mass is 9.94. The van der Waals surface area contributed by atoms with E-state index in [0.717, 1.165) is 58.5 Å². The van der Waals surface area contributed by atoms with Crippen molar-refractivity contribution in [1.82, 2.24) is 28.9 Å². The van der Waals surface area contributed by atoms with Crippen LogP contribution in [-0.2, 0) is 22.7 Å². The highest BCUT2D eigenvalue weighted by Gasteiger charge is 2.39. The molecule has 2 aromatic carbocycles. The fourth-order valence-electron chi connectivity index (χ4n) is 7.53. The minimum atomic E-state index is -0.704. The predicted molar refractivity (Wildman–Crippen MR) is 217 cm³/mol. The third-order valence-electron chi connectivity index (χ3n) is 10.9. The first kappa shape index (κ1) is 39.7. The Bertz CT molecular complexity index is 1780. The molecule has 2 amide bonds. The Hall–Kier alpha value is -3.98. The quantitative estimate of drug-likeness (QED) is 0.109. The van der Waals surface area contributed by atoms with E-state index < -0.39 is 12.1 Å². The van der Waals surface area contributed by atoms with Gasteiger partial charge in [0.1, 0.15) is 23.1 Å². The fraction of sp³-hybridized carbons (Fsp3) is 0.500. The number of imidazole rings is 2. The summed E-state index contributed by atoms with van der Waals surface area (Å²) in [7, 11) is 6.30. The van der Waals surface area contributed by atoms with Crippen LogP contribution in [0, 0.1) is 11.8 Å². The summed E-state index contributed by atoms with van der Waals surface area (Å²) in [5, 5.41) is 0. The number of ether oxygens (including phenoxy) is 2. The Kier molecular flexibility index (Phi) is 13.0. The van der Waals surface area contributed by atoms with Crippen LogP contribution >= 0.6 is 21.6 Å². The van der Waals surface area contributed by atoms with E-state index in [9.17, 15) is 9.59 Å². The Morgan fingerprint density at radius 3 is 1.46 bits per heavy atom. The van der Waals surface area contributed by atoms with Gasteiger partial charge in [-0.25, -0.2) is 9.97 Å². The van der Waals surface area contributed by atoms with Gasteiger partial charge < -0.3 is 39.9 Å². The van der Waals surface area contributed by atoms with Crippen LogP contribution in [-0.4, -0.2) is 91.6 Å². The summed E-state index contributed by atoms with van der Waals surface area (Å²) in [5.41, 5.74) is 16.7. The van der Waals surface area contributed by atoms with Crippen LogP contribution in [0.3, 0.4) is 0 Å². The van der Waals surface area contributed by atoms with E-state index in [1.165, 1.54) is 21.6 Å². The summed E-state index contributed by atoms with van der Waals surface area (Å²) >= 11 is 0. The summed E-state index contributed by atoms with van der Waals surface area (Å²) in [6.45, 7) is 11.0. The van der Waals surface area contributed by atoms with Crippen LogP contribution < -0.4 is 20.9 Å². The maximum atomic E-state index is 13.9. The van der Waals surface area contributed by atoms with Crippen molar-refractivity contribution in [2.45, 2.75) is 77.8 Å². The Morgan fingerprint density at radius 1 is 0.704 bits per heavy atom. The highest BCUT2D eigenvalue weighted by atomic mass is 33.1. The molecule has 0 fully saturated rings. The van der Waals surface area contributed by atoms with E-state index in [0.29, 0.717) is 37.7 Å². The summed E-state index contributed by atoms with van der Waals surface area (Å²) in [5.74, 6) is 4.25. The molecule has 2 aliphatic rings. The maximum Gasteiger partial charge on any atom is 0.241 e. The number of carbonyl (C=O) groups is 2. The van der Waals surface area contributed by atoms with Crippen molar-refractivity contribution < 1.29 is 19.1 Å². The van der Waals surface area contributed by atoms with Gasteiger partial charge in [0.2, 0.25) is 11.8 Å². The fourth-order valence-corrected chi connectivity index (χ4v) is 9.75. The second-order valence-corrected chi connectivity index (χ2v) is 16.8. The zero-order chi connectivity index (χ0) is 38.5. The van der Waals surface area contributed by atoms with Crippen molar-refractivity contribution in [1.29, 1.82) is 0 Å². The van der Waals surface area contributed by atoms with Gasteiger partial charge in [-0.1, -0.05) is 86.4 Å². The molecule has 4 N–H and O–H groups in total. The topological polar surface area (TPSA) is 147 Å². The lowest BCUT2D eigenvalue weighted by molar-refractivity contribution is -0.138. The van der Waals surface area contributed by atoms with E-state index in [-0.39, 0.29) is 35.7 Å². The van der Waals surface area contributed by atoms with Crippen LogP contribution in [0.15, 0.2) is 60.9 Å². The average Bonchev–Trinajstić information content (AvgIpc) is 3.85. The molecule has 0 saturated heterocycles. The van der Waals surface area contributed by atoms with Gasteiger partial charge in [0.15, 0.2) is 0 Å². The standard InChI is InChI=1S/C40H54N8O4S2/c1-7-25(3)35-37-43-31(27-13-9-11-15-33(27)51-5)21-45(37)17-19-47(35)39(49)29(41)23-53-54-24-30(42)40(50)48-20-18-46-22-32(28-14-10-12-16-34(28)52-6)44-38(46)36(48)26(4)8-2/h9-16,21-22,25-26,29-30,35-36H,7-8,17-20,23-24,41-42H2,1-6H3/t25?,26?,29-,30-,35-,36-/m0/s1. The van der Waals surface area contributed by atoms with Crippen LogP contribution in [0.2, 0.25) is 0 Å². The second kappa shape index (κ2) is 17.7. The van der Waals surface area contributed by atoms with Crippen molar-refractivity contribution in [2.24, 2.45) is 23.3 Å². The SMILES string of the molecule is CCC(C)[C@H]1c2nc(-c3ccccc3OC)cn2CCN1C(=O)[C@@H](N)CSSC[C@H](N)C(=O)N1CCn2cc(-c3ccccc3OC)nc2[C@@H]1C(C)CC. The number of nitrogens with two attached hydrogens (primary N) is 2. The molecule has 0 aliphatic carbocycles. The van der Waals surface area contributed by atoms with Gasteiger partial charge in [-0.3, -0.25) is 9.59 Å². The molecule has 290 valence electrons. The predicted octanol–water partition coefficient (Wildman–Crippen LogP) is 6.03. The summed E-state index contributed by atoms with van der Waals surface area (Å²) < 4.78 is 15.5. The molecular formula is C40H54N8O4S2. The minimum absolute atomic E-state index is 0.0884. The number of carbonyl (C=O) groups excluding carboxylic acids is 2. The van der Waals surface area contributed by atoms with E-state index in [2.05, 4.69) is 49.2 Å². The van der Waals surface area contributed by atoms with Crippen molar-refractivity contribution in [3.8, 4) is 34.0 Å². The van der Waals surface area contributed by atoms with Gasteiger partial charge in [-0.05, 0) is 36.1 Å². The molecule has 0 radical (unpaired) electrons. The van der Waals surface area contributed by atoms with Crippen molar-refractivity contribution in [3.63, 3.8) is 0 Å². The molecule has 54 heavy (non-hydrogen) atoms. The Morgan fingerprint density at radius 2 is 1.09 bits per heavy atom. The smallest absolute Gasteiger partial charge is 0.241 e. The molecule has 2 aliphatic heterocycles. The van der Waals surface area contributed by atoms with Crippen molar-refractivity contribution in [3.05, 3.63) is 72.6 Å². The molecule has 6 rings (SSSR count). The zero-order valence-electron chi connectivity index (χ0n) is 32.2. The number of nitrogens with zero attached hydrogens (tertiary/aromatic N) is 6. The molecule has 0 bridgehead atoms. The second-order valence-electron chi connectivity index (χ2n) is 14.3. The first-order valence-corrected chi connectivity index (χ1v) is 21.4. The van der Waals surface area contributed by atoms with Gasteiger partial charge in [-0.2, -0.15) is 0 Å².